The van der Waals surface area contributed by atoms with Crippen LogP contribution in [0.2, 0.25) is 0 Å². The number of nitrogens with zero attached hydrogens (tertiary/aromatic N) is 1. The molecule has 0 aromatic carbocycles. The van der Waals surface area contributed by atoms with Gasteiger partial charge < -0.3 is 14.8 Å². The first kappa shape index (κ1) is 14.9. The molecule has 1 aromatic rings. The Hall–Kier alpha value is -1.14. The van der Waals surface area contributed by atoms with Gasteiger partial charge in [-0.3, -0.25) is 4.79 Å². The molecule has 0 fully saturated rings. The van der Waals surface area contributed by atoms with Gasteiger partial charge in [-0.15, -0.1) is 11.3 Å². The third-order valence-electron chi connectivity index (χ3n) is 2.13. The van der Waals surface area contributed by atoms with Gasteiger partial charge in [-0.1, -0.05) is 0 Å². The molecule has 0 aliphatic rings. The van der Waals surface area contributed by atoms with E-state index in [0.29, 0.717) is 13.2 Å². The quantitative estimate of drug-likeness (QED) is 0.770. The van der Waals surface area contributed by atoms with E-state index in [2.05, 4.69) is 10.3 Å². The molecule has 1 rings (SSSR count). The number of rotatable bonds is 7. The number of ether oxygens (including phenoxy) is 2. The monoisotopic (exact) mass is 272 g/mol. The fourth-order valence-corrected chi connectivity index (χ4v) is 2.38. The number of carbonyl (C=O) groups is 1. The molecule has 0 unspecified atom stereocenters. The fourth-order valence-electron chi connectivity index (χ4n) is 1.49. The predicted molar refractivity (Wildman–Crippen MR) is 72.0 cm³/mol. The van der Waals surface area contributed by atoms with Crippen LogP contribution in [0.25, 0.3) is 0 Å². The highest BCUT2D eigenvalue weighted by molar-refractivity contribution is 7.13. The van der Waals surface area contributed by atoms with Crippen LogP contribution in [0.3, 0.4) is 0 Å². The summed E-state index contributed by atoms with van der Waals surface area (Å²) < 4.78 is 10.0. The summed E-state index contributed by atoms with van der Waals surface area (Å²) in [7, 11) is 1.66. The minimum absolute atomic E-state index is 0.187. The number of carbonyl (C=O) groups excluding carboxylic acids is 1. The van der Waals surface area contributed by atoms with Gasteiger partial charge in [-0.2, -0.15) is 0 Å². The lowest BCUT2D eigenvalue weighted by atomic mass is 10.1. The van der Waals surface area contributed by atoms with Crippen molar-refractivity contribution in [1.82, 2.24) is 4.98 Å². The molecule has 102 valence electrons. The van der Waals surface area contributed by atoms with Crippen LogP contribution in [-0.4, -0.2) is 36.8 Å². The van der Waals surface area contributed by atoms with Gasteiger partial charge in [-0.05, 0) is 20.8 Å². The number of anilines is 1. The van der Waals surface area contributed by atoms with Crippen molar-refractivity contribution in [2.45, 2.75) is 32.7 Å². The van der Waals surface area contributed by atoms with Crippen LogP contribution >= 0.6 is 11.3 Å². The van der Waals surface area contributed by atoms with E-state index in [1.165, 1.54) is 11.3 Å². The minimum atomic E-state index is -0.245. The first-order valence-electron chi connectivity index (χ1n) is 5.84. The molecule has 0 atom stereocenters. The van der Waals surface area contributed by atoms with Crippen LogP contribution in [0.5, 0.6) is 0 Å². The third kappa shape index (κ3) is 5.01. The number of hydrogen-bond acceptors (Lipinski definition) is 6. The first-order valence-corrected chi connectivity index (χ1v) is 6.72. The van der Waals surface area contributed by atoms with Gasteiger partial charge in [0.15, 0.2) is 5.13 Å². The number of aromatic nitrogens is 1. The normalized spacial score (nSPS) is 11.3. The van der Waals surface area contributed by atoms with Crippen molar-refractivity contribution in [3.8, 4) is 0 Å². The molecule has 0 saturated heterocycles. The van der Waals surface area contributed by atoms with E-state index in [-0.39, 0.29) is 17.9 Å². The lowest BCUT2D eigenvalue weighted by molar-refractivity contribution is -0.142. The Kier molecular flexibility index (Phi) is 5.55. The Morgan fingerprint density at radius 1 is 1.56 bits per heavy atom. The van der Waals surface area contributed by atoms with E-state index in [9.17, 15) is 4.79 Å². The lowest BCUT2D eigenvalue weighted by Gasteiger charge is -2.24. The van der Waals surface area contributed by atoms with E-state index in [1.54, 1.807) is 14.0 Å². The second-order valence-electron chi connectivity index (χ2n) is 4.57. The number of hydrogen-bond donors (Lipinski definition) is 1. The smallest absolute Gasteiger partial charge is 0.311 e. The molecule has 0 radical (unpaired) electrons. The summed E-state index contributed by atoms with van der Waals surface area (Å²) in [5, 5.41) is 5.93. The Balaban J connectivity index is 2.55. The van der Waals surface area contributed by atoms with Crippen LogP contribution in [-0.2, 0) is 20.7 Å². The average molecular weight is 272 g/mol. The van der Waals surface area contributed by atoms with Gasteiger partial charge >= 0.3 is 5.97 Å². The molecule has 1 aromatic heterocycles. The second-order valence-corrected chi connectivity index (χ2v) is 5.43. The molecular formula is C12H20N2O3S. The summed E-state index contributed by atoms with van der Waals surface area (Å²) in [6.45, 7) is 6.83. The highest BCUT2D eigenvalue weighted by atomic mass is 32.1. The largest absolute Gasteiger partial charge is 0.466 e. The average Bonchev–Trinajstić information content (AvgIpc) is 2.64. The Morgan fingerprint density at radius 3 is 2.89 bits per heavy atom. The van der Waals surface area contributed by atoms with Crippen LogP contribution < -0.4 is 5.32 Å². The molecule has 1 N–H and O–H groups in total. The molecular weight excluding hydrogens is 252 g/mol. The van der Waals surface area contributed by atoms with Crippen molar-refractivity contribution in [3.63, 3.8) is 0 Å². The second kappa shape index (κ2) is 6.70. The van der Waals surface area contributed by atoms with Crippen molar-refractivity contribution in [2.75, 3.05) is 25.6 Å². The molecule has 5 nitrogen and oxygen atoms in total. The standard InChI is InChI=1S/C12H20N2O3S/c1-5-17-10(15)6-9-7-18-11(13-9)14-12(2,3)8-16-4/h7H,5-6,8H2,1-4H3,(H,13,14). The predicted octanol–water partition coefficient (Wildman–Crippen LogP) is 2.09. The van der Waals surface area contributed by atoms with Gasteiger partial charge in [-0.25, -0.2) is 4.98 Å². The maximum atomic E-state index is 11.3. The van der Waals surface area contributed by atoms with E-state index in [1.807, 2.05) is 19.2 Å². The van der Waals surface area contributed by atoms with Gasteiger partial charge in [0.1, 0.15) is 0 Å². The van der Waals surface area contributed by atoms with Gasteiger partial charge in [0.25, 0.3) is 0 Å². The number of methoxy groups -OCH3 is 1. The Morgan fingerprint density at radius 2 is 2.28 bits per heavy atom. The minimum Gasteiger partial charge on any atom is -0.466 e. The van der Waals surface area contributed by atoms with Crippen LogP contribution in [0.4, 0.5) is 5.13 Å². The van der Waals surface area contributed by atoms with Crippen molar-refractivity contribution >= 4 is 22.4 Å². The molecule has 0 bridgehead atoms. The van der Waals surface area contributed by atoms with Crippen LogP contribution in [0.15, 0.2) is 5.38 Å². The SMILES string of the molecule is CCOC(=O)Cc1csc(NC(C)(C)COC)n1. The van der Waals surface area contributed by atoms with Gasteiger partial charge in [0, 0.05) is 12.5 Å². The molecule has 18 heavy (non-hydrogen) atoms. The maximum Gasteiger partial charge on any atom is 0.311 e. The van der Waals surface area contributed by atoms with E-state index < -0.39 is 0 Å². The van der Waals surface area contributed by atoms with E-state index in [4.69, 9.17) is 9.47 Å². The first-order chi connectivity index (χ1) is 8.46. The summed E-state index contributed by atoms with van der Waals surface area (Å²) in [6.07, 6.45) is 0.219. The summed E-state index contributed by atoms with van der Waals surface area (Å²) in [5.74, 6) is -0.245. The van der Waals surface area contributed by atoms with Crippen molar-refractivity contribution in [1.29, 1.82) is 0 Å². The zero-order chi connectivity index (χ0) is 13.6. The molecule has 0 saturated carbocycles. The van der Waals surface area contributed by atoms with Gasteiger partial charge in [0.2, 0.25) is 0 Å². The van der Waals surface area contributed by atoms with Crippen LogP contribution in [0.1, 0.15) is 26.5 Å². The maximum absolute atomic E-state index is 11.3. The zero-order valence-electron chi connectivity index (χ0n) is 11.3. The number of nitrogens with one attached hydrogen (secondary N) is 1. The molecule has 0 aliphatic carbocycles. The number of thiazole rings is 1. The Labute approximate surface area is 112 Å². The highest BCUT2D eigenvalue weighted by Crippen LogP contribution is 2.20. The molecule has 0 amide bonds. The van der Waals surface area contributed by atoms with E-state index in [0.717, 1.165) is 10.8 Å². The fraction of sp³-hybridized carbons (Fsp3) is 0.667. The molecule has 0 aliphatic heterocycles. The van der Waals surface area contributed by atoms with Crippen molar-refractivity contribution < 1.29 is 14.3 Å². The highest BCUT2D eigenvalue weighted by Gasteiger charge is 2.19. The van der Waals surface area contributed by atoms with Crippen LogP contribution in [0, 0.1) is 0 Å². The molecule has 0 spiro atoms. The van der Waals surface area contributed by atoms with E-state index >= 15 is 0 Å². The molecule has 6 heteroatoms. The Bertz CT molecular complexity index is 390. The van der Waals surface area contributed by atoms with Crippen molar-refractivity contribution in [2.24, 2.45) is 0 Å². The zero-order valence-corrected chi connectivity index (χ0v) is 12.1. The summed E-state index contributed by atoms with van der Waals surface area (Å²) >= 11 is 1.48. The summed E-state index contributed by atoms with van der Waals surface area (Å²) in [4.78, 5) is 15.7. The lowest BCUT2D eigenvalue weighted by Crippen LogP contribution is -2.35. The van der Waals surface area contributed by atoms with Gasteiger partial charge in [0.05, 0.1) is 30.9 Å². The van der Waals surface area contributed by atoms with Crippen molar-refractivity contribution in [3.05, 3.63) is 11.1 Å². The number of esters is 1. The summed E-state index contributed by atoms with van der Waals surface area (Å²) in [6, 6.07) is 0. The summed E-state index contributed by atoms with van der Waals surface area (Å²) in [5.41, 5.74) is 0.544. The topological polar surface area (TPSA) is 60.5 Å². The molecule has 1 heterocycles. The third-order valence-corrected chi connectivity index (χ3v) is 2.94.